The summed E-state index contributed by atoms with van der Waals surface area (Å²) in [5, 5.41) is 13.9. The van der Waals surface area contributed by atoms with E-state index >= 15 is 0 Å². The summed E-state index contributed by atoms with van der Waals surface area (Å²) in [4.78, 5) is 10.1. The van der Waals surface area contributed by atoms with Crippen LogP contribution in [-0.4, -0.2) is 23.5 Å². The molecule has 1 rings (SSSR count). The van der Waals surface area contributed by atoms with Gasteiger partial charge in [-0.25, -0.2) is 0 Å². The summed E-state index contributed by atoms with van der Waals surface area (Å²) in [6.45, 7) is 3.04. The second-order valence-corrected chi connectivity index (χ2v) is 4.86. The lowest BCUT2D eigenvalue weighted by atomic mass is 10.1. The maximum atomic E-state index is 10.5. The molecule has 0 radical (unpaired) electrons. The Bertz CT molecular complexity index is 354. The monoisotopic (exact) mass is 254 g/mol. The van der Waals surface area contributed by atoms with Crippen molar-refractivity contribution >= 4 is 17.4 Å². The van der Waals surface area contributed by atoms with Crippen molar-refractivity contribution in [1.29, 1.82) is 0 Å². The second-order valence-electron chi connectivity index (χ2n) is 3.87. The fourth-order valence-corrected chi connectivity index (χ4v) is 1.97. The van der Waals surface area contributed by atoms with Crippen molar-refractivity contribution in [3.05, 3.63) is 39.9 Å². The molecule has 5 heteroatoms. The Kier molecular flexibility index (Phi) is 6.00. The van der Waals surface area contributed by atoms with Gasteiger partial charge in [0.2, 0.25) is 0 Å². The Balaban J connectivity index is 2.46. The fourth-order valence-electron chi connectivity index (χ4n) is 1.54. The van der Waals surface area contributed by atoms with Gasteiger partial charge < -0.3 is 5.32 Å². The average molecular weight is 254 g/mol. The SMILES string of the molecule is CSCCCNC(C)c1ccc([N+](=O)[O-])cc1. The number of rotatable bonds is 7. The van der Waals surface area contributed by atoms with E-state index < -0.39 is 0 Å². The van der Waals surface area contributed by atoms with Gasteiger partial charge in [-0.2, -0.15) is 11.8 Å². The first kappa shape index (κ1) is 14.0. The van der Waals surface area contributed by atoms with E-state index in [2.05, 4.69) is 18.5 Å². The minimum absolute atomic E-state index is 0.142. The zero-order valence-corrected chi connectivity index (χ0v) is 11.0. The van der Waals surface area contributed by atoms with E-state index in [0.717, 1.165) is 24.3 Å². The third-order valence-electron chi connectivity index (χ3n) is 2.58. The van der Waals surface area contributed by atoms with Gasteiger partial charge in [0.1, 0.15) is 0 Å². The van der Waals surface area contributed by atoms with Crippen molar-refractivity contribution in [1.82, 2.24) is 5.32 Å². The molecule has 0 heterocycles. The van der Waals surface area contributed by atoms with E-state index in [1.807, 2.05) is 23.9 Å². The van der Waals surface area contributed by atoms with Crippen LogP contribution in [0.3, 0.4) is 0 Å². The number of nitro groups is 1. The number of nitrogens with one attached hydrogen (secondary N) is 1. The summed E-state index contributed by atoms with van der Waals surface area (Å²) in [5.74, 6) is 1.15. The number of benzene rings is 1. The summed E-state index contributed by atoms with van der Waals surface area (Å²) >= 11 is 1.84. The van der Waals surface area contributed by atoms with E-state index in [4.69, 9.17) is 0 Å². The number of hydrogen-bond acceptors (Lipinski definition) is 4. The van der Waals surface area contributed by atoms with Crippen LogP contribution in [0.1, 0.15) is 24.9 Å². The zero-order valence-electron chi connectivity index (χ0n) is 10.2. The molecule has 4 nitrogen and oxygen atoms in total. The van der Waals surface area contributed by atoms with E-state index in [9.17, 15) is 10.1 Å². The molecule has 0 bridgehead atoms. The van der Waals surface area contributed by atoms with Gasteiger partial charge in [-0.3, -0.25) is 10.1 Å². The molecular weight excluding hydrogens is 236 g/mol. The normalized spacial score (nSPS) is 12.4. The molecule has 1 unspecified atom stereocenters. The molecule has 17 heavy (non-hydrogen) atoms. The molecule has 0 aromatic heterocycles. The minimum Gasteiger partial charge on any atom is -0.310 e. The van der Waals surface area contributed by atoms with E-state index in [1.165, 1.54) is 0 Å². The first-order valence-electron chi connectivity index (χ1n) is 5.62. The highest BCUT2D eigenvalue weighted by Crippen LogP contribution is 2.17. The van der Waals surface area contributed by atoms with Gasteiger partial charge in [-0.15, -0.1) is 0 Å². The standard InChI is InChI=1S/C12H18N2O2S/c1-10(13-8-3-9-17-2)11-4-6-12(7-5-11)14(15)16/h4-7,10,13H,3,8-9H2,1-2H3. The first-order valence-corrected chi connectivity index (χ1v) is 7.01. The third kappa shape index (κ3) is 4.75. The van der Waals surface area contributed by atoms with Crippen LogP contribution in [0.25, 0.3) is 0 Å². The van der Waals surface area contributed by atoms with Gasteiger partial charge in [0.05, 0.1) is 4.92 Å². The summed E-state index contributed by atoms with van der Waals surface area (Å²) in [6, 6.07) is 6.96. The van der Waals surface area contributed by atoms with Crippen LogP contribution in [0.4, 0.5) is 5.69 Å². The number of hydrogen-bond donors (Lipinski definition) is 1. The third-order valence-corrected chi connectivity index (χ3v) is 3.28. The van der Waals surface area contributed by atoms with Crippen molar-refractivity contribution in [3.63, 3.8) is 0 Å². The van der Waals surface area contributed by atoms with Crippen LogP contribution in [0.15, 0.2) is 24.3 Å². The molecule has 0 amide bonds. The fraction of sp³-hybridized carbons (Fsp3) is 0.500. The van der Waals surface area contributed by atoms with Gasteiger partial charge >= 0.3 is 0 Å². The van der Waals surface area contributed by atoms with Crippen LogP contribution in [-0.2, 0) is 0 Å². The van der Waals surface area contributed by atoms with Gasteiger partial charge in [-0.1, -0.05) is 12.1 Å². The molecule has 1 N–H and O–H groups in total. The summed E-state index contributed by atoms with van der Waals surface area (Å²) in [6.07, 6.45) is 3.23. The highest BCUT2D eigenvalue weighted by Gasteiger charge is 2.08. The number of nitro benzene ring substituents is 1. The largest absolute Gasteiger partial charge is 0.310 e. The van der Waals surface area contributed by atoms with Gasteiger partial charge in [0, 0.05) is 18.2 Å². The lowest BCUT2D eigenvalue weighted by Crippen LogP contribution is -2.20. The van der Waals surface area contributed by atoms with Gasteiger partial charge in [-0.05, 0) is 37.5 Å². The molecule has 1 aromatic rings. The van der Waals surface area contributed by atoms with E-state index in [0.29, 0.717) is 0 Å². The van der Waals surface area contributed by atoms with Crippen molar-refractivity contribution in [2.75, 3.05) is 18.6 Å². The predicted molar refractivity (Wildman–Crippen MR) is 72.5 cm³/mol. The molecule has 0 aliphatic carbocycles. The van der Waals surface area contributed by atoms with Crippen molar-refractivity contribution in [2.24, 2.45) is 0 Å². The van der Waals surface area contributed by atoms with Gasteiger partial charge in [0.25, 0.3) is 5.69 Å². The van der Waals surface area contributed by atoms with Crippen LogP contribution in [0.2, 0.25) is 0 Å². The molecule has 0 saturated carbocycles. The Morgan fingerprint density at radius 1 is 1.41 bits per heavy atom. The first-order chi connectivity index (χ1) is 8.15. The quantitative estimate of drug-likeness (QED) is 0.461. The molecular formula is C12H18N2O2S. The average Bonchev–Trinajstić information content (AvgIpc) is 2.34. The van der Waals surface area contributed by atoms with Crippen molar-refractivity contribution in [2.45, 2.75) is 19.4 Å². The zero-order chi connectivity index (χ0) is 12.7. The minimum atomic E-state index is -0.375. The summed E-state index contributed by atoms with van der Waals surface area (Å²) < 4.78 is 0. The van der Waals surface area contributed by atoms with E-state index in [1.54, 1.807) is 12.1 Å². The summed E-state index contributed by atoms with van der Waals surface area (Å²) in [5.41, 5.74) is 1.23. The second kappa shape index (κ2) is 7.29. The van der Waals surface area contributed by atoms with Gasteiger partial charge in [0.15, 0.2) is 0 Å². The molecule has 0 fully saturated rings. The lowest BCUT2D eigenvalue weighted by molar-refractivity contribution is -0.384. The molecule has 94 valence electrons. The Morgan fingerprint density at radius 2 is 2.06 bits per heavy atom. The molecule has 0 aliphatic rings. The molecule has 0 aliphatic heterocycles. The van der Waals surface area contributed by atoms with Crippen LogP contribution in [0, 0.1) is 10.1 Å². The van der Waals surface area contributed by atoms with Crippen molar-refractivity contribution in [3.8, 4) is 0 Å². The molecule has 1 aromatic carbocycles. The predicted octanol–water partition coefficient (Wildman–Crippen LogP) is 3.00. The molecule has 0 saturated heterocycles. The van der Waals surface area contributed by atoms with Crippen LogP contribution >= 0.6 is 11.8 Å². The maximum Gasteiger partial charge on any atom is 0.269 e. The van der Waals surface area contributed by atoms with Crippen LogP contribution in [0.5, 0.6) is 0 Å². The molecule has 1 atom stereocenters. The Morgan fingerprint density at radius 3 is 2.59 bits per heavy atom. The topological polar surface area (TPSA) is 55.2 Å². The van der Waals surface area contributed by atoms with E-state index in [-0.39, 0.29) is 16.7 Å². The van der Waals surface area contributed by atoms with Crippen molar-refractivity contribution < 1.29 is 4.92 Å². The Hall–Kier alpha value is -1.07. The molecule has 0 spiro atoms. The number of non-ortho nitro benzene ring substituents is 1. The number of thioether (sulfide) groups is 1. The van der Waals surface area contributed by atoms with Crippen LogP contribution < -0.4 is 5.32 Å². The highest BCUT2D eigenvalue weighted by atomic mass is 32.2. The maximum absolute atomic E-state index is 10.5. The summed E-state index contributed by atoms with van der Waals surface area (Å²) in [7, 11) is 0. The smallest absolute Gasteiger partial charge is 0.269 e. The Labute approximate surface area is 106 Å². The lowest BCUT2D eigenvalue weighted by Gasteiger charge is -2.13. The highest BCUT2D eigenvalue weighted by molar-refractivity contribution is 7.98. The number of nitrogens with zero attached hydrogens (tertiary/aromatic N) is 1.